The molecule has 1 amide bonds. The molecule has 0 unspecified atom stereocenters. The first-order valence-corrected chi connectivity index (χ1v) is 5.79. The Labute approximate surface area is 95.2 Å². The van der Waals surface area contributed by atoms with Gasteiger partial charge in [0.15, 0.2) is 0 Å². The van der Waals surface area contributed by atoms with Crippen molar-refractivity contribution in [1.29, 1.82) is 0 Å². The maximum atomic E-state index is 11.4. The van der Waals surface area contributed by atoms with Gasteiger partial charge < -0.3 is 10.3 Å². The highest BCUT2D eigenvalue weighted by atomic mass is 127. The molecule has 14 heavy (non-hydrogen) atoms. The fourth-order valence-corrected chi connectivity index (χ4v) is 1.34. The average Bonchev–Trinajstić information content (AvgIpc) is 2.18. The lowest BCUT2D eigenvalue weighted by molar-refractivity contribution is 0.0953. The van der Waals surface area contributed by atoms with E-state index in [0.717, 1.165) is 10.8 Å². The van der Waals surface area contributed by atoms with Gasteiger partial charge in [-0.3, -0.25) is 9.59 Å². The zero-order chi connectivity index (χ0) is 10.4. The van der Waals surface area contributed by atoms with Crippen LogP contribution in [0.25, 0.3) is 0 Å². The summed E-state index contributed by atoms with van der Waals surface area (Å²) >= 11 is 2.25. The fourth-order valence-electron chi connectivity index (χ4n) is 0.957. The molecule has 0 bridgehead atoms. The largest absolute Gasteiger partial charge is 0.352 e. The maximum Gasteiger partial charge on any atom is 0.251 e. The van der Waals surface area contributed by atoms with Gasteiger partial charge in [-0.1, -0.05) is 22.6 Å². The number of H-pyrrole nitrogens is 1. The Balaban J connectivity index is 2.56. The number of aromatic amines is 1. The SMILES string of the molecule is O=C(NCCCI)c1cc[nH]c(=O)c1. The molecule has 0 saturated heterocycles. The fraction of sp³-hybridized carbons (Fsp3) is 0.333. The zero-order valence-electron chi connectivity index (χ0n) is 7.55. The number of aromatic nitrogens is 1. The van der Waals surface area contributed by atoms with E-state index >= 15 is 0 Å². The van der Waals surface area contributed by atoms with Crippen LogP contribution in [0.4, 0.5) is 0 Å². The molecule has 0 aliphatic rings. The van der Waals surface area contributed by atoms with E-state index in [-0.39, 0.29) is 11.5 Å². The first-order valence-electron chi connectivity index (χ1n) is 4.27. The van der Waals surface area contributed by atoms with Crippen molar-refractivity contribution in [2.75, 3.05) is 11.0 Å². The summed E-state index contributed by atoms with van der Waals surface area (Å²) in [5.41, 5.74) is 0.147. The summed E-state index contributed by atoms with van der Waals surface area (Å²) in [5, 5.41) is 2.73. The molecular weight excluding hydrogens is 295 g/mol. The van der Waals surface area contributed by atoms with Crippen LogP contribution in [0.5, 0.6) is 0 Å². The molecule has 1 aromatic rings. The monoisotopic (exact) mass is 306 g/mol. The molecule has 0 fully saturated rings. The van der Waals surface area contributed by atoms with E-state index in [1.165, 1.54) is 12.3 Å². The van der Waals surface area contributed by atoms with Crippen LogP contribution < -0.4 is 10.9 Å². The number of nitrogens with one attached hydrogen (secondary N) is 2. The topological polar surface area (TPSA) is 62.0 Å². The van der Waals surface area contributed by atoms with Gasteiger partial charge >= 0.3 is 0 Å². The molecule has 0 aliphatic carbocycles. The summed E-state index contributed by atoms with van der Waals surface area (Å²) in [4.78, 5) is 24.8. The Morgan fingerprint density at radius 1 is 1.57 bits per heavy atom. The predicted octanol–water partition coefficient (Wildman–Crippen LogP) is 0.930. The zero-order valence-corrected chi connectivity index (χ0v) is 9.71. The summed E-state index contributed by atoms with van der Waals surface area (Å²) in [6.07, 6.45) is 2.41. The summed E-state index contributed by atoms with van der Waals surface area (Å²) in [6.45, 7) is 0.647. The maximum absolute atomic E-state index is 11.4. The number of rotatable bonds is 4. The molecule has 0 aromatic carbocycles. The summed E-state index contributed by atoms with van der Waals surface area (Å²) in [7, 11) is 0. The molecule has 1 heterocycles. The summed E-state index contributed by atoms with van der Waals surface area (Å²) in [6, 6.07) is 2.88. The van der Waals surface area contributed by atoms with E-state index in [0.29, 0.717) is 12.1 Å². The Bertz CT molecular complexity index is 362. The van der Waals surface area contributed by atoms with Gasteiger partial charge in [0.25, 0.3) is 5.91 Å². The highest BCUT2D eigenvalue weighted by molar-refractivity contribution is 14.1. The van der Waals surface area contributed by atoms with Gasteiger partial charge in [0.1, 0.15) is 0 Å². The van der Waals surface area contributed by atoms with Gasteiger partial charge in [0, 0.05) is 28.8 Å². The van der Waals surface area contributed by atoms with Crippen molar-refractivity contribution < 1.29 is 4.79 Å². The van der Waals surface area contributed by atoms with Crippen LogP contribution >= 0.6 is 22.6 Å². The van der Waals surface area contributed by atoms with E-state index < -0.39 is 0 Å². The third-order valence-corrected chi connectivity index (χ3v) is 2.40. The van der Waals surface area contributed by atoms with Crippen LogP contribution in [0.15, 0.2) is 23.1 Å². The lowest BCUT2D eigenvalue weighted by Gasteiger charge is -2.02. The number of hydrogen-bond donors (Lipinski definition) is 2. The van der Waals surface area contributed by atoms with Crippen molar-refractivity contribution in [2.45, 2.75) is 6.42 Å². The van der Waals surface area contributed by atoms with Gasteiger partial charge in [-0.05, 0) is 12.5 Å². The van der Waals surface area contributed by atoms with Crippen LogP contribution in [0.3, 0.4) is 0 Å². The molecule has 0 radical (unpaired) electrons. The van der Waals surface area contributed by atoms with Gasteiger partial charge in [-0.15, -0.1) is 0 Å². The number of amides is 1. The smallest absolute Gasteiger partial charge is 0.251 e. The molecule has 0 aliphatic heterocycles. The number of halogens is 1. The lowest BCUT2D eigenvalue weighted by atomic mass is 10.2. The minimum Gasteiger partial charge on any atom is -0.352 e. The molecule has 0 spiro atoms. The molecular formula is C9H11IN2O2. The van der Waals surface area contributed by atoms with Crippen molar-refractivity contribution in [3.05, 3.63) is 34.2 Å². The highest BCUT2D eigenvalue weighted by Crippen LogP contribution is 1.93. The number of hydrogen-bond acceptors (Lipinski definition) is 2. The number of carbonyl (C=O) groups is 1. The van der Waals surface area contributed by atoms with Crippen molar-refractivity contribution in [1.82, 2.24) is 10.3 Å². The Morgan fingerprint density at radius 2 is 2.36 bits per heavy atom. The second-order valence-corrected chi connectivity index (χ2v) is 3.82. The first kappa shape index (κ1) is 11.2. The van der Waals surface area contributed by atoms with E-state index in [1.54, 1.807) is 6.07 Å². The molecule has 1 aromatic heterocycles. The quantitative estimate of drug-likeness (QED) is 0.494. The van der Waals surface area contributed by atoms with Gasteiger partial charge in [-0.2, -0.15) is 0 Å². The van der Waals surface area contributed by atoms with Crippen LogP contribution in [0, 0.1) is 0 Å². The van der Waals surface area contributed by atoms with Crippen molar-refractivity contribution in [2.24, 2.45) is 0 Å². The summed E-state index contributed by atoms with van der Waals surface area (Å²) < 4.78 is 1.01. The highest BCUT2D eigenvalue weighted by Gasteiger charge is 2.03. The van der Waals surface area contributed by atoms with Gasteiger partial charge in [0.2, 0.25) is 5.56 Å². The molecule has 4 nitrogen and oxygen atoms in total. The van der Waals surface area contributed by atoms with Crippen LogP contribution in [0.1, 0.15) is 16.8 Å². The lowest BCUT2D eigenvalue weighted by Crippen LogP contribution is -2.25. The normalized spacial score (nSPS) is 9.79. The van der Waals surface area contributed by atoms with Gasteiger partial charge in [-0.25, -0.2) is 0 Å². The van der Waals surface area contributed by atoms with E-state index in [1.807, 2.05) is 0 Å². The Kier molecular flexibility index (Phi) is 4.64. The van der Waals surface area contributed by atoms with Crippen LogP contribution in [-0.2, 0) is 0 Å². The minimum absolute atomic E-state index is 0.194. The first-order chi connectivity index (χ1) is 6.74. The number of alkyl halides is 1. The van der Waals surface area contributed by atoms with Gasteiger partial charge in [0.05, 0.1) is 0 Å². The second-order valence-electron chi connectivity index (χ2n) is 2.74. The van der Waals surface area contributed by atoms with Crippen LogP contribution in [-0.4, -0.2) is 21.9 Å². The minimum atomic E-state index is -0.258. The predicted molar refractivity (Wildman–Crippen MR) is 62.9 cm³/mol. The molecule has 5 heteroatoms. The molecule has 76 valence electrons. The Hall–Kier alpha value is -0.850. The third-order valence-electron chi connectivity index (χ3n) is 1.63. The number of pyridine rings is 1. The van der Waals surface area contributed by atoms with E-state index in [2.05, 4.69) is 32.9 Å². The third kappa shape index (κ3) is 3.49. The van der Waals surface area contributed by atoms with Crippen LogP contribution in [0.2, 0.25) is 0 Å². The molecule has 0 atom stereocenters. The van der Waals surface area contributed by atoms with Crippen molar-refractivity contribution in [3.8, 4) is 0 Å². The van der Waals surface area contributed by atoms with E-state index in [9.17, 15) is 9.59 Å². The molecule has 2 N–H and O–H groups in total. The van der Waals surface area contributed by atoms with Crippen molar-refractivity contribution >= 4 is 28.5 Å². The molecule has 1 rings (SSSR count). The average molecular weight is 306 g/mol. The second kappa shape index (κ2) is 5.79. The van der Waals surface area contributed by atoms with E-state index in [4.69, 9.17) is 0 Å². The summed E-state index contributed by atoms with van der Waals surface area (Å²) in [5.74, 6) is -0.194. The standard InChI is InChI=1S/C9H11IN2O2/c10-3-1-4-12-9(14)7-2-5-11-8(13)6-7/h2,5-6H,1,3-4H2,(H,11,13)(H,12,14). The Morgan fingerprint density at radius 3 is 3.00 bits per heavy atom. The van der Waals surface area contributed by atoms with Crippen molar-refractivity contribution in [3.63, 3.8) is 0 Å². The molecule has 0 saturated carbocycles. The number of carbonyl (C=O) groups excluding carboxylic acids is 1.